The molecule has 1 heteroatoms. The Hall–Kier alpha value is -0.480. The van der Waals surface area contributed by atoms with Crippen LogP contribution in [0.25, 0.3) is 0 Å². The van der Waals surface area contributed by atoms with E-state index in [9.17, 15) is 0 Å². The van der Waals surface area contributed by atoms with E-state index in [4.69, 9.17) is 6.42 Å². The largest absolute Gasteiger partial charge is 0.289 e. The lowest BCUT2D eigenvalue weighted by atomic mass is 10.1. The third-order valence-electron chi connectivity index (χ3n) is 2.87. The summed E-state index contributed by atoms with van der Waals surface area (Å²) in [6, 6.07) is 0.853. The molecule has 1 atom stereocenters. The molecule has 1 unspecified atom stereocenters. The smallest absolute Gasteiger partial charge is 0.0601 e. The molecule has 0 radical (unpaired) electrons. The van der Waals surface area contributed by atoms with E-state index < -0.39 is 0 Å². The van der Waals surface area contributed by atoms with Gasteiger partial charge in [-0.1, -0.05) is 5.92 Å². The van der Waals surface area contributed by atoms with Gasteiger partial charge in [0.2, 0.25) is 0 Å². The summed E-state index contributed by atoms with van der Waals surface area (Å²) in [6.07, 6.45) is 11.0. The minimum Gasteiger partial charge on any atom is -0.289 e. The molecule has 0 bridgehead atoms. The van der Waals surface area contributed by atoms with Crippen molar-refractivity contribution >= 4 is 0 Å². The fourth-order valence-corrected chi connectivity index (χ4v) is 2.18. The van der Waals surface area contributed by atoms with Crippen molar-refractivity contribution in [3.8, 4) is 12.3 Å². The van der Waals surface area contributed by atoms with Crippen LogP contribution in [0.15, 0.2) is 0 Å². The van der Waals surface area contributed by atoms with E-state index in [0.717, 1.165) is 18.5 Å². The highest BCUT2D eigenvalue weighted by Gasteiger charge is 2.37. The zero-order valence-electron chi connectivity index (χ0n) is 6.92. The van der Waals surface area contributed by atoms with Gasteiger partial charge >= 0.3 is 0 Å². The molecule has 0 amide bonds. The molecule has 0 N–H and O–H groups in total. The van der Waals surface area contributed by atoms with E-state index in [1.807, 2.05) is 0 Å². The van der Waals surface area contributed by atoms with E-state index in [1.165, 1.54) is 32.2 Å². The van der Waals surface area contributed by atoms with Crippen molar-refractivity contribution in [1.82, 2.24) is 4.90 Å². The molecule has 1 nitrogen and oxygen atoms in total. The predicted molar refractivity (Wildman–Crippen MR) is 46.2 cm³/mol. The van der Waals surface area contributed by atoms with E-state index >= 15 is 0 Å². The number of nitrogens with zero attached hydrogens (tertiary/aromatic N) is 1. The van der Waals surface area contributed by atoms with Crippen LogP contribution in [0.1, 0.15) is 25.7 Å². The molecule has 60 valence electrons. The van der Waals surface area contributed by atoms with Crippen molar-refractivity contribution in [2.24, 2.45) is 5.92 Å². The summed E-state index contributed by atoms with van der Waals surface area (Å²) in [7, 11) is 0. The number of hydrogen-bond acceptors (Lipinski definition) is 1. The van der Waals surface area contributed by atoms with Gasteiger partial charge in [-0.3, -0.25) is 4.90 Å². The Balaban J connectivity index is 1.91. The molecular formula is C10H15N. The third kappa shape index (κ3) is 1.41. The monoisotopic (exact) mass is 149 g/mol. The van der Waals surface area contributed by atoms with Gasteiger partial charge in [0, 0.05) is 6.04 Å². The van der Waals surface area contributed by atoms with Gasteiger partial charge in [-0.15, -0.1) is 6.42 Å². The molecule has 1 heterocycles. The van der Waals surface area contributed by atoms with Crippen LogP contribution in [0, 0.1) is 18.3 Å². The lowest BCUT2D eigenvalue weighted by Gasteiger charge is -2.21. The minimum atomic E-state index is 0.853. The second-order valence-electron chi connectivity index (χ2n) is 3.72. The highest BCUT2D eigenvalue weighted by molar-refractivity contribution is 4.97. The summed E-state index contributed by atoms with van der Waals surface area (Å²) in [5.41, 5.74) is 0. The molecule has 1 saturated carbocycles. The minimum absolute atomic E-state index is 0.853. The molecule has 11 heavy (non-hydrogen) atoms. The zero-order valence-corrected chi connectivity index (χ0v) is 6.92. The van der Waals surface area contributed by atoms with Crippen LogP contribution in [-0.2, 0) is 0 Å². The van der Waals surface area contributed by atoms with Gasteiger partial charge in [0.1, 0.15) is 0 Å². The van der Waals surface area contributed by atoms with Gasteiger partial charge in [0.05, 0.1) is 6.54 Å². The Kier molecular flexibility index (Phi) is 1.87. The molecule has 0 aromatic rings. The fourth-order valence-electron chi connectivity index (χ4n) is 2.18. The van der Waals surface area contributed by atoms with Crippen molar-refractivity contribution in [3.63, 3.8) is 0 Å². The maximum Gasteiger partial charge on any atom is 0.0601 e. The Morgan fingerprint density at radius 2 is 2.18 bits per heavy atom. The van der Waals surface area contributed by atoms with Crippen LogP contribution in [0.3, 0.4) is 0 Å². The maximum atomic E-state index is 5.30. The molecule has 2 rings (SSSR count). The number of hydrogen-bond donors (Lipinski definition) is 0. The summed E-state index contributed by atoms with van der Waals surface area (Å²) in [5.74, 6) is 3.75. The molecule has 0 aromatic heterocycles. The summed E-state index contributed by atoms with van der Waals surface area (Å²) >= 11 is 0. The molecule has 1 aliphatic heterocycles. The number of terminal acetylenes is 1. The first-order valence-corrected chi connectivity index (χ1v) is 4.59. The highest BCUT2D eigenvalue weighted by Crippen LogP contribution is 2.39. The molecule has 2 aliphatic rings. The van der Waals surface area contributed by atoms with E-state index in [1.54, 1.807) is 0 Å². The van der Waals surface area contributed by atoms with E-state index in [-0.39, 0.29) is 0 Å². The molecule has 2 fully saturated rings. The van der Waals surface area contributed by atoms with Crippen molar-refractivity contribution in [1.29, 1.82) is 0 Å². The normalized spacial score (nSPS) is 32.1. The Morgan fingerprint density at radius 3 is 2.82 bits per heavy atom. The number of rotatable bonds is 2. The number of likely N-dealkylation sites (tertiary alicyclic amines) is 1. The predicted octanol–water partition coefficient (Wildman–Crippen LogP) is 1.49. The zero-order chi connectivity index (χ0) is 7.68. The van der Waals surface area contributed by atoms with Crippen molar-refractivity contribution in [2.45, 2.75) is 31.7 Å². The van der Waals surface area contributed by atoms with Crippen LogP contribution >= 0.6 is 0 Å². The van der Waals surface area contributed by atoms with E-state index in [2.05, 4.69) is 10.8 Å². The van der Waals surface area contributed by atoms with Gasteiger partial charge in [-0.05, 0) is 38.1 Å². The van der Waals surface area contributed by atoms with Crippen LogP contribution in [0.2, 0.25) is 0 Å². The average molecular weight is 149 g/mol. The summed E-state index contributed by atoms with van der Waals surface area (Å²) in [5, 5.41) is 0. The van der Waals surface area contributed by atoms with Gasteiger partial charge in [0.15, 0.2) is 0 Å². The average Bonchev–Trinajstić information content (AvgIpc) is 2.75. The molecule has 1 saturated heterocycles. The quantitative estimate of drug-likeness (QED) is 0.538. The molecule has 1 aliphatic carbocycles. The van der Waals surface area contributed by atoms with Crippen LogP contribution in [-0.4, -0.2) is 24.0 Å². The second kappa shape index (κ2) is 2.87. The van der Waals surface area contributed by atoms with Gasteiger partial charge in [-0.25, -0.2) is 0 Å². The van der Waals surface area contributed by atoms with Crippen LogP contribution in [0.5, 0.6) is 0 Å². The lowest BCUT2D eigenvalue weighted by molar-refractivity contribution is 0.260. The van der Waals surface area contributed by atoms with Gasteiger partial charge in [-0.2, -0.15) is 0 Å². The highest BCUT2D eigenvalue weighted by atomic mass is 15.2. The first kappa shape index (κ1) is 7.18. The van der Waals surface area contributed by atoms with Crippen molar-refractivity contribution in [2.75, 3.05) is 13.1 Å². The second-order valence-corrected chi connectivity index (χ2v) is 3.72. The van der Waals surface area contributed by atoms with Crippen LogP contribution in [0.4, 0.5) is 0 Å². The SMILES string of the molecule is C#CCN1CCCC1C1CC1. The first-order chi connectivity index (χ1) is 5.42. The van der Waals surface area contributed by atoms with Crippen molar-refractivity contribution in [3.05, 3.63) is 0 Å². The van der Waals surface area contributed by atoms with Crippen LogP contribution < -0.4 is 0 Å². The summed E-state index contributed by atoms with van der Waals surface area (Å²) in [4.78, 5) is 2.48. The summed E-state index contributed by atoms with van der Waals surface area (Å²) in [6.45, 7) is 2.12. The third-order valence-corrected chi connectivity index (χ3v) is 2.87. The first-order valence-electron chi connectivity index (χ1n) is 4.59. The van der Waals surface area contributed by atoms with Gasteiger partial charge in [0.25, 0.3) is 0 Å². The molecule has 0 aromatic carbocycles. The van der Waals surface area contributed by atoms with E-state index in [0.29, 0.717) is 0 Å². The Morgan fingerprint density at radius 1 is 1.36 bits per heavy atom. The van der Waals surface area contributed by atoms with Gasteiger partial charge < -0.3 is 0 Å². The standard InChI is InChI=1S/C10H15N/c1-2-7-11-8-3-4-10(11)9-5-6-9/h1,9-10H,3-8H2. The topological polar surface area (TPSA) is 3.24 Å². The molecular weight excluding hydrogens is 134 g/mol. The molecule has 0 spiro atoms. The van der Waals surface area contributed by atoms with Crippen molar-refractivity contribution < 1.29 is 0 Å². The maximum absolute atomic E-state index is 5.30. The summed E-state index contributed by atoms with van der Waals surface area (Å²) < 4.78 is 0. The Labute approximate surface area is 68.8 Å². The lowest BCUT2D eigenvalue weighted by Crippen LogP contribution is -2.31. The fraction of sp³-hybridized carbons (Fsp3) is 0.800. The Bertz CT molecular complexity index is 176.